The third-order valence-corrected chi connectivity index (χ3v) is 7.40. The van der Waals surface area contributed by atoms with Gasteiger partial charge in [0.1, 0.15) is 11.7 Å². The number of hydrogen-bond donors (Lipinski definition) is 0. The molecule has 2 aliphatic heterocycles. The molecule has 4 rings (SSSR count). The number of alkyl halides is 3. The number of carbonyl (C=O) groups excluding carboxylic acids is 1. The van der Waals surface area contributed by atoms with Crippen molar-refractivity contribution in [3.05, 3.63) is 70.8 Å². The number of halogens is 3. The van der Waals surface area contributed by atoms with E-state index >= 15 is 0 Å². The Morgan fingerprint density at radius 3 is 2.54 bits per heavy atom. The standard InChI is InChI=1S/C27H30F3N3O3S/c1-37-19-33-18-26(36-25(33)34)9-12-32(13-10-26)11-4-14-35-24(21-6-2-5-20(15-21)17-31)22-7-3-8-23(16-22)27(28,29)30/h2-3,5-8,15-16,24H,4,9-14,18-19H2,1H3. The molecule has 1 unspecified atom stereocenters. The van der Waals surface area contributed by atoms with Crippen LogP contribution < -0.4 is 0 Å². The summed E-state index contributed by atoms with van der Waals surface area (Å²) in [5.74, 6) is 0.631. The quantitative estimate of drug-likeness (QED) is 0.387. The number of ether oxygens (including phenoxy) is 2. The maximum absolute atomic E-state index is 13.3. The number of nitrogens with zero attached hydrogens (tertiary/aromatic N) is 3. The number of piperidine rings is 1. The minimum absolute atomic E-state index is 0.239. The van der Waals surface area contributed by atoms with Crippen LogP contribution in [-0.4, -0.2) is 66.4 Å². The molecule has 2 aliphatic rings. The van der Waals surface area contributed by atoms with Crippen molar-refractivity contribution in [2.24, 2.45) is 0 Å². The fourth-order valence-corrected chi connectivity index (χ4v) is 5.42. The Kier molecular flexibility index (Phi) is 8.67. The van der Waals surface area contributed by atoms with Crippen molar-refractivity contribution in [2.45, 2.75) is 37.1 Å². The van der Waals surface area contributed by atoms with E-state index in [1.165, 1.54) is 6.07 Å². The van der Waals surface area contributed by atoms with Gasteiger partial charge in [0.25, 0.3) is 0 Å². The van der Waals surface area contributed by atoms with Crippen molar-refractivity contribution in [2.75, 3.05) is 44.9 Å². The Morgan fingerprint density at radius 2 is 1.86 bits per heavy atom. The summed E-state index contributed by atoms with van der Waals surface area (Å²) in [7, 11) is 0. The molecule has 10 heteroatoms. The molecular formula is C27H30F3N3O3S. The first kappa shape index (κ1) is 27.3. The van der Waals surface area contributed by atoms with Crippen molar-refractivity contribution in [3.8, 4) is 6.07 Å². The Balaban J connectivity index is 1.35. The van der Waals surface area contributed by atoms with Crippen LogP contribution in [0.5, 0.6) is 0 Å². The minimum atomic E-state index is -4.46. The molecule has 2 fully saturated rings. The number of rotatable bonds is 9. The average Bonchev–Trinajstić information content (AvgIpc) is 3.19. The molecule has 0 N–H and O–H groups in total. The molecule has 0 saturated carbocycles. The normalized spacial score (nSPS) is 18.6. The molecule has 1 atom stereocenters. The second kappa shape index (κ2) is 11.8. The van der Waals surface area contributed by atoms with Gasteiger partial charge in [-0.3, -0.25) is 4.90 Å². The molecule has 37 heavy (non-hydrogen) atoms. The van der Waals surface area contributed by atoms with Crippen LogP contribution in [0.3, 0.4) is 0 Å². The highest BCUT2D eigenvalue weighted by Crippen LogP contribution is 2.35. The molecule has 2 saturated heterocycles. The molecule has 2 aromatic rings. The second-order valence-electron chi connectivity index (χ2n) is 9.47. The Hall–Kier alpha value is -2.74. The van der Waals surface area contributed by atoms with E-state index < -0.39 is 23.4 Å². The van der Waals surface area contributed by atoms with Gasteiger partial charge in [0.15, 0.2) is 0 Å². The van der Waals surface area contributed by atoms with Gasteiger partial charge in [-0.05, 0) is 48.1 Å². The molecule has 2 aromatic carbocycles. The topological polar surface area (TPSA) is 65.8 Å². The van der Waals surface area contributed by atoms with Crippen LogP contribution in [0.4, 0.5) is 18.0 Å². The molecule has 0 radical (unpaired) electrons. The zero-order valence-electron chi connectivity index (χ0n) is 20.7. The fourth-order valence-electron chi connectivity index (χ4n) is 4.92. The molecule has 198 valence electrons. The van der Waals surface area contributed by atoms with Gasteiger partial charge < -0.3 is 14.4 Å². The molecule has 6 nitrogen and oxygen atoms in total. The van der Waals surface area contributed by atoms with Crippen LogP contribution in [0, 0.1) is 11.3 Å². The summed E-state index contributed by atoms with van der Waals surface area (Å²) in [6.45, 7) is 3.36. The zero-order chi connectivity index (χ0) is 26.5. The molecule has 0 aliphatic carbocycles. The predicted molar refractivity (Wildman–Crippen MR) is 135 cm³/mol. The van der Waals surface area contributed by atoms with Gasteiger partial charge in [-0.1, -0.05) is 24.3 Å². The van der Waals surface area contributed by atoms with Crippen LogP contribution in [0.25, 0.3) is 0 Å². The maximum Gasteiger partial charge on any atom is 0.416 e. The maximum atomic E-state index is 13.3. The van der Waals surface area contributed by atoms with Gasteiger partial charge in [-0.2, -0.15) is 18.4 Å². The summed E-state index contributed by atoms with van der Waals surface area (Å²) in [5, 5.41) is 9.28. The van der Waals surface area contributed by atoms with E-state index in [2.05, 4.69) is 11.0 Å². The van der Waals surface area contributed by atoms with Crippen LogP contribution in [-0.2, 0) is 15.7 Å². The number of carbonyl (C=O) groups is 1. The third kappa shape index (κ3) is 6.78. The summed E-state index contributed by atoms with van der Waals surface area (Å²) < 4.78 is 51.9. The van der Waals surface area contributed by atoms with Crippen molar-refractivity contribution in [1.29, 1.82) is 5.26 Å². The minimum Gasteiger partial charge on any atom is -0.441 e. The lowest BCUT2D eigenvalue weighted by Gasteiger charge is -2.37. The van der Waals surface area contributed by atoms with Gasteiger partial charge in [0, 0.05) is 39.1 Å². The van der Waals surface area contributed by atoms with Crippen LogP contribution >= 0.6 is 11.8 Å². The largest absolute Gasteiger partial charge is 0.441 e. The Morgan fingerprint density at radius 1 is 1.16 bits per heavy atom. The van der Waals surface area contributed by atoms with Crippen molar-refractivity contribution in [3.63, 3.8) is 0 Å². The monoisotopic (exact) mass is 533 g/mol. The van der Waals surface area contributed by atoms with Crippen LogP contribution in [0.2, 0.25) is 0 Å². The number of hydrogen-bond acceptors (Lipinski definition) is 6. The van der Waals surface area contributed by atoms with Gasteiger partial charge in [-0.25, -0.2) is 4.79 Å². The first-order valence-electron chi connectivity index (χ1n) is 12.2. The van der Waals surface area contributed by atoms with Crippen molar-refractivity contribution in [1.82, 2.24) is 9.80 Å². The first-order valence-corrected chi connectivity index (χ1v) is 13.6. The fraction of sp³-hybridized carbons (Fsp3) is 0.481. The summed E-state index contributed by atoms with van der Waals surface area (Å²) in [6.07, 6.45) is -1.21. The molecular weight excluding hydrogens is 503 g/mol. The molecule has 0 bridgehead atoms. The van der Waals surface area contributed by atoms with E-state index in [1.54, 1.807) is 47.0 Å². The second-order valence-corrected chi connectivity index (χ2v) is 10.3. The van der Waals surface area contributed by atoms with E-state index in [0.29, 0.717) is 42.1 Å². The number of thioether (sulfide) groups is 1. The van der Waals surface area contributed by atoms with Gasteiger partial charge in [0.2, 0.25) is 0 Å². The number of amides is 1. The summed E-state index contributed by atoms with van der Waals surface area (Å²) in [6, 6.07) is 14.0. The molecule has 2 heterocycles. The first-order chi connectivity index (χ1) is 17.7. The van der Waals surface area contributed by atoms with E-state index in [9.17, 15) is 23.2 Å². The lowest BCUT2D eigenvalue weighted by Crippen LogP contribution is -2.47. The molecule has 1 amide bonds. The van der Waals surface area contributed by atoms with E-state index in [4.69, 9.17) is 9.47 Å². The van der Waals surface area contributed by atoms with Crippen LogP contribution in [0.15, 0.2) is 48.5 Å². The van der Waals surface area contributed by atoms with Crippen LogP contribution in [0.1, 0.15) is 47.6 Å². The Bertz CT molecular complexity index is 1130. The highest BCUT2D eigenvalue weighted by molar-refractivity contribution is 7.98. The van der Waals surface area contributed by atoms with Gasteiger partial charge in [0.05, 0.1) is 29.6 Å². The van der Waals surface area contributed by atoms with Crippen molar-refractivity contribution < 1.29 is 27.4 Å². The number of benzene rings is 2. The summed E-state index contributed by atoms with van der Waals surface area (Å²) >= 11 is 1.60. The zero-order valence-corrected chi connectivity index (χ0v) is 21.5. The third-order valence-electron chi connectivity index (χ3n) is 6.83. The SMILES string of the molecule is CSCN1CC2(CCN(CCCOC(c3cccc(C#N)c3)c3cccc(C(F)(F)F)c3)CC2)OC1=O. The number of likely N-dealkylation sites (tertiary alicyclic amines) is 1. The van der Waals surface area contributed by atoms with Gasteiger partial charge in [-0.15, -0.1) is 11.8 Å². The highest BCUT2D eigenvalue weighted by atomic mass is 32.2. The van der Waals surface area contributed by atoms with Gasteiger partial charge >= 0.3 is 12.3 Å². The van der Waals surface area contributed by atoms with E-state index in [-0.39, 0.29) is 6.09 Å². The van der Waals surface area contributed by atoms with Crippen molar-refractivity contribution >= 4 is 17.9 Å². The lowest BCUT2D eigenvalue weighted by molar-refractivity contribution is -0.137. The van der Waals surface area contributed by atoms with E-state index in [1.807, 2.05) is 6.26 Å². The summed E-state index contributed by atoms with van der Waals surface area (Å²) in [4.78, 5) is 16.2. The molecule has 1 spiro atoms. The highest BCUT2D eigenvalue weighted by Gasteiger charge is 2.46. The predicted octanol–water partition coefficient (Wildman–Crippen LogP) is 5.68. The molecule has 0 aromatic heterocycles. The summed E-state index contributed by atoms with van der Waals surface area (Å²) in [5.41, 5.74) is 0.309. The number of nitriles is 1. The smallest absolute Gasteiger partial charge is 0.416 e. The lowest BCUT2D eigenvalue weighted by atomic mass is 9.91. The average molecular weight is 534 g/mol. The Labute approximate surface area is 219 Å². The van der Waals surface area contributed by atoms with E-state index in [0.717, 1.165) is 44.6 Å².